The Kier molecular flexibility index (Phi) is 7.35. The maximum atomic E-state index is 13.8. The molecular formula is C28H31N7O2S. The van der Waals surface area contributed by atoms with Gasteiger partial charge in [-0.25, -0.2) is 4.98 Å². The molecule has 5 rings (SSSR count). The van der Waals surface area contributed by atoms with E-state index < -0.39 is 5.91 Å². The highest BCUT2D eigenvalue weighted by atomic mass is 32.1. The molecule has 196 valence electrons. The molecule has 5 heterocycles. The van der Waals surface area contributed by atoms with Crippen LogP contribution in [0.15, 0.2) is 42.0 Å². The Balaban J connectivity index is 1.66. The highest BCUT2D eigenvalue weighted by Gasteiger charge is 2.24. The van der Waals surface area contributed by atoms with E-state index in [2.05, 4.69) is 38.7 Å². The molecule has 1 amide bonds. The molecule has 0 bridgehead atoms. The summed E-state index contributed by atoms with van der Waals surface area (Å²) in [6.07, 6.45) is 9.96. The second-order valence-electron chi connectivity index (χ2n) is 9.42. The topological polar surface area (TPSA) is 95.7 Å². The van der Waals surface area contributed by atoms with Crippen molar-refractivity contribution in [1.82, 2.24) is 29.6 Å². The molecule has 1 fully saturated rings. The fourth-order valence-electron chi connectivity index (χ4n) is 4.70. The lowest BCUT2D eigenvalue weighted by Crippen LogP contribution is -2.31. The monoisotopic (exact) mass is 529 g/mol. The highest BCUT2D eigenvalue weighted by Crippen LogP contribution is 2.31. The van der Waals surface area contributed by atoms with Gasteiger partial charge in [-0.3, -0.25) is 24.0 Å². The molecule has 1 saturated heterocycles. The van der Waals surface area contributed by atoms with Crippen LogP contribution in [0.1, 0.15) is 45.7 Å². The number of nitrogens with zero attached hydrogens (tertiary/aromatic N) is 6. The smallest absolute Gasteiger partial charge is 0.258 e. The van der Waals surface area contributed by atoms with Crippen LogP contribution in [-0.4, -0.2) is 63.4 Å². The molecule has 0 spiro atoms. The summed E-state index contributed by atoms with van der Waals surface area (Å²) in [5.74, 6) is 0.370. The number of carbonyl (C=O) groups excluding carboxylic acids is 1. The van der Waals surface area contributed by atoms with E-state index in [1.807, 2.05) is 36.5 Å². The van der Waals surface area contributed by atoms with Gasteiger partial charge in [0, 0.05) is 25.8 Å². The molecular weight excluding hydrogens is 498 g/mol. The second-order valence-corrected chi connectivity index (χ2v) is 10.4. The molecule has 1 aliphatic rings. The van der Waals surface area contributed by atoms with Gasteiger partial charge in [-0.05, 0) is 58.1 Å². The van der Waals surface area contributed by atoms with E-state index in [-0.39, 0.29) is 17.5 Å². The van der Waals surface area contributed by atoms with Gasteiger partial charge in [0.05, 0.1) is 40.1 Å². The number of hydrogen-bond acceptors (Lipinski definition) is 8. The largest absolute Gasteiger partial charge is 0.355 e. The number of likely N-dealkylation sites (N-methyl/N-ethyl adjacent to an activating group) is 1. The first-order valence-electron chi connectivity index (χ1n) is 12.7. The van der Waals surface area contributed by atoms with Gasteiger partial charge in [-0.15, -0.1) is 11.3 Å². The lowest BCUT2D eigenvalue weighted by molar-refractivity contribution is 0.0951. The van der Waals surface area contributed by atoms with Crippen LogP contribution in [0.3, 0.4) is 0 Å². The van der Waals surface area contributed by atoms with Crippen LogP contribution < -0.4 is 15.6 Å². The van der Waals surface area contributed by atoms with E-state index in [4.69, 9.17) is 4.98 Å². The molecule has 0 radical (unpaired) electrons. The molecule has 4 aromatic heterocycles. The van der Waals surface area contributed by atoms with Gasteiger partial charge in [0.15, 0.2) is 5.65 Å². The molecule has 0 atom stereocenters. The number of carbonyl (C=O) groups is 1. The fourth-order valence-corrected chi connectivity index (χ4v) is 5.81. The Morgan fingerprint density at radius 2 is 2.03 bits per heavy atom. The molecule has 0 saturated carbocycles. The minimum Gasteiger partial charge on any atom is -0.355 e. The number of allylic oxidation sites excluding steroid dienone is 1. The van der Waals surface area contributed by atoms with Crippen LogP contribution in [0.4, 0.5) is 5.82 Å². The second kappa shape index (κ2) is 10.8. The number of anilines is 1. The van der Waals surface area contributed by atoms with E-state index >= 15 is 0 Å². The Morgan fingerprint density at radius 1 is 1.18 bits per heavy atom. The zero-order valence-electron chi connectivity index (χ0n) is 21.9. The van der Waals surface area contributed by atoms with Crippen molar-refractivity contribution >= 4 is 51.1 Å². The van der Waals surface area contributed by atoms with Gasteiger partial charge in [-0.1, -0.05) is 12.7 Å². The first-order valence-corrected chi connectivity index (χ1v) is 13.5. The summed E-state index contributed by atoms with van der Waals surface area (Å²) >= 11 is 1.36. The van der Waals surface area contributed by atoms with Crippen LogP contribution in [0.5, 0.6) is 0 Å². The molecule has 0 aromatic carbocycles. The van der Waals surface area contributed by atoms with Gasteiger partial charge in [0.1, 0.15) is 16.2 Å². The number of nitrogens with one attached hydrogen (secondary N) is 1. The van der Waals surface area contributed by atoms with Crippen LogP contribution >= 0.6 is 11.3 Å². The van der Waals surface area contributed by atoms with Crippen molar-refractivity contribution in [1.29, 1.82) is 0 Å². The maximum Gasteiger partial charge on any atom is 0.258 e. The average molecular weight is 530 g/mol. The standard InChI is InChI=1S/C28H31N7O2S/c1-5-8-21-22(6-2)38-28-24(27(37)31-17-19-16-29-18(3)15-30-19)25(36)20-9-10-23(32-26(20)35(21)28)34-12-7-11-33(4)13-14-34/h5-6,8-10,15-16H,2,7,11-14,17H2,1,3-4H3,(H,31,37)/b8-5-. The third-order valence-electron chi connectivity index (χ3n) is 6.71. The van der Waals surface area contributed by atoms with E-state index in [1.165, 1.54) is 11.3 Å². The predicted octanol–water partition coefficient (Wildman–Crippen LogP) is 3.76. The van der Waals surface area contributed by atoms with Crippen molar-refractivity contribution in [3.63, 3.8) is 0 Å². The third kappa shape index (κ3) is 4.84. The van der Waals surface area contributed by atoms with Gasteiger partial charge in [0.25, 0.3) is 5.91 Å². The number of pyridine rings is 2. The Bertz CT molecular complexity index is 1600. The number of hydrogen-bond donors (Lipinski definition) is 1. The lowest BCUT2D eigenvalue weighted by Gasteiger charge is -2.22. The molecule has 0 aliphatic carbocycles. The number of aryl methyl sites for hydroxylation is 1. The van der Waals surface area contributed by atoms with Crippen molar-refractivity contribution in [2.24, 2.45) is 0 Å². The van der Waals surface area contributed by atoms with E-state index in [0.717, 1.165) is 54.7 Å². The summed E-state index contributed by atoms with van der Waals surface area (Å²) < 4.78 is 1.92. The Morgan fingerprint density at radius 3 is 2.76 bits per heavy atom. The summed E-state index contributed by atoms with van der Waals surface area (Å²) in [6.45, 7) is 11.7. The summed E-state index contributed by atoms with van der Waals surface area (Å²) in [6, 6.07) is 3.69. The quantitative estimate of drug-likeness (QED) is 0.406. The minimum atomic E-state index is -0.458. The fraction of sp³-hybridized carbons (Fsp3) is 0.321. The molecule has 10 heteroatoms. The highest BCUT2D eigenvalue weighted by molar-refractivity contribution is 7.19. The number of amides is 1. The summed E-state index contributed by atoms with van der Waals surface area (Å²) in [5.41, 5.74) is 2.53. The van der Waals surface area contributed by atoms with E-state index in [1.54, 1.807) is 24.5 Å². The van der Waals surface area contributed by atoms with Crippen LogP contribution in [-0.2, 0) is 6.54 Å². The van der Waals surface area contributed by atoms with Crippen molar-refractivity contribution in [2.45, 2.75) is 26.8 Å². The van der Waals surface area contributed by atoms with Crippen LogP contribution in [0.25, 0.3) is 28.0 Å². The number of thiazole rings is 1. The lowest BCUT2D eigenvalue weighted by atomic mass is 10.1. The Labute approximate surface area is 225 Å². The van der Waals surface area contributed by atoms with E-state index in [0.29, 0.717) is 21.6 Å². The van der Waals surface area contributed by atoms with Crippen molar-refractivity contribution in [3.8, 4) is 0 Å². The Hall–Kier alpha value is -3.89. The zero-order chi connectivity index (χ0) is 26.8. The first-order chi connectivity index (χ1) is 18.4. The third-order valence-corrected chi connectivity index (χ3v) is 7.88. The normalized spacial score (nSPS) is 14.9. The molecule has 9 nitrogen and oxygen atoms in total. The van der Waals surface area contributed by atoms with Crippen molar-refractivity contribution in [2.75, 3.05) is 38.1 Å². The molecule has 1 N–H and O–H groups in total. The van der Waals surface area contributed by atoms with Gasteiger partial charge in [-0.2, -0.15) is 0 Å². The van der Waals surface area contributed by atoms with Gasteiger partial charge in [0.2, 0.25) is 5.43 Å². The van der Waals surface area contributed by atoms with Gasteiger partial charge >= 0.3 is 0 Å². The average Bonchev–Trinajstić information content (AvgIpc) is 3.13. The number of rotatable bonds is 6. The first kappa shape index (κ1) is 25.7. The van der Waals surface area contributed by atoms with Crippen molar-refractivity contribution in [3.05, 3.63) is 74.9 Å². The van der Waals surface area contributed by atoms with Crippen LogP contribution in [0, 0.1) is 6.92 Å². The predicted molar refractivity (Wildman–Crippen MR) is 154 cm³/mol. The SMILES string of the molecule is C=Cc1sc2c(C(=O)NCc3cnc(C)cn3)c(=O)c3ccc(N4CCCN(C)CC4)nc3n2c1/C=C\C. The molecule has 4 aromatic rings. The van der Waals surface area contributed by atoms with Crippen molar-refractivity contribution < 1.29 is 4.79 Å². The van der Waals surface area contributed by atoms with Crippen LogP contribution in [0.2, 0.25) is 0 Å². The number of aromatic nitrogens is 4. The van der Waals surface area contributed by atoms with Gasteiger partial charge < -0.3 is 15.1 Å². The van der Waals surface area contributed by atoms with E-state index in [9.17, 15) is 9.59 Å². The maximum absolute atomic E-state index is 13.8. The number of fused-ring (bicyclic) bond motifs is 3. The molecule has 38 heavy (non-hydrogen) atoms. The zero-order valence-corrected chi connectivity index (χ0v) is 22.7. The summed E-state index contributed by atoms with van der Waals surface area (Å²) in [4.78, 5) is 46.8. The molecule has 1 aliphatic heterocycles. The molecule has 0 unspecified atom stereocenters. The minimum absolute atomic E-state index is 0.0902. The summed E-state index contributed by atoms with van der Waals surface area (Å²) in [5, 5.41) is 3.26. The summed E-state index contributed by atoms with van der Waals surface area (Å²) in [7, 11) is 2.13.